The van der Waals surface area contributed by atoms with Gasteiger partial charge in [0.2, 0.25) is 0 Å². The van der Waals surface area contributed by atoms with Crippen molar-refractivity contribution in [1.29, 1.82) is 5.26 Å². The second kappa shape index (κ2) is 18.5. The minimum absolute atomic E-state index is 0.0148. The van der Waals surface area contributed by atoms with Gasteiger partial charge >= 0.3 is 18.0 Å². The molecule has 0 bridgehead atoms. The minimum atomic E-state index is -1.41. The number of alkyl carbamates (subject to hydrolysis) is 1. The van der Waals surface area contributed by atoms with E-state index in [1.807, 2.05) is 24.3 Å². The molecular formula is C34H44N4O9. The summed E-state index contributed by atoms with van der Waals surface area (Å²) in [6, 6.07) is 12.8. The average molecular weight is 653 g/mol. The minimum Gasteiger partial charge on any atom is -0.481 e. The molecule has 0 spiro atoms. The van der Waals surface area contributed by atoms with Gasteiger partial charge in [-0.3, -0.25) is 9.59 Å². The predicted molar refractivity (Wildman–Crippen MR) is 175 cm³/mol. The molecule has 3 N–H and O–H groups in total. The highest BCUT2D eigenvalue weighted by molar-refractivity contribution is 6.02. The predicted octanol–water partition coefficient (Wildman–Crippen LogP) is 3.80. The van der Waals surface area contributed by atoms with Crippen LogP contribution in [0.15, 0.2) is 42.0 Å². The average Bonchev–Trinajstić information content (AvgIpc) is 3.03. The Morgan fingerprint density at radius 3 is 2.30 bits per heavy atom. The molecule has 1 saturated heterocycles. The van der Waals surface area contributed by atoms with E-state index in [4.69, 9.17) is 24.1 Å². The molecule has 0 aliphatic carbocycles. The Hall–Kier alpha value is -4.67. The molecule has 1 fully saturated rings. The van der Waals surface area contributed by atoms with Crippen LogP contribution in [0.1, 0.15) is 52.0 Å². The first-order chi connectivity index (χ1) is 22.4. The first kappa shape index (κ1) is 36.8. The van der Waals surface area contributed by atoms with Gasteiger partial charge in [-0.25, -0.2) is 9.59 Å². The second-order valence-electron chi connectivity index (χ2n) is 12.0. The monoisotopic (exact) mass is 652 g/mol. The maximum absolute atomic E-state index is 12.6. The van der Waals surface area contributed by atoms with Gasteiger partial charge in [0.1, 0.15) is 29.9 Å². The Labute approximate surface area is 274 Å². The van der Waals surface area contributed by atoms with Gasteiger partial charge in [0.25, 0.3) is 5.91 Å². The van der Waals surface area contributed by atoms with Gasteiger partial charge in [0.15, 0.2) is 0 Å². The number of nitrogens with zero attached hydrogens (tertiary/aromatic N) is 2. The summed E-state index contributed by atoms with van der Waals surface area (Å²) >= 11 is 0. The molecule has 2 amide bonds. The van der Waals surface area contributed by atoms with Crippen molar-refractivity contribution in [3.63, 3.8) is 0 Å². The zero-order valence-electron chi connectivity index (χ0n) is 27.2. The quantitative estimate of drug-likeness (QED) is 0.104. The number of esters is 1. The highest BCUT2D eigenvalue weighted by atomic mass is 16.6. The van der Waals surface area contributed by atoms with Crippen LogP contribution in [0, 0.1) is 11.3 Å². The van der Waals surface area contributed by atoms with Crippen LogP contribution >= 0.6 is 0 Å². The first-order valence-corrected chi connectivity index (χ1v) is 15.7. The summed E-state index contributed by atoms with van der Waals surface area (Å²) in [6.45, 7) is 7.63. The lowest BCUT2D eigenvalue weighted by atomic mass is 10.0. The fraction of sp³-hybridized carbons (Fsp3) is 0.500. The Bertz CT molecular complexity index is 1460. The lowest BCUT2D eigenvalue weighted by Crippen LogP contribution is -2.45. The van der Waals surface area contributed by atoms with Gasteiger partial charge in [-0.1, -0.05) is 18.2 Å². The van der Waals surface area contributed by atoms with E-state index in [-0.39, 0.29) is 45.2 Å². The van der Waals surface area contributed by atoms with Crippen molar-refractivity contribution in [1.82, 2.24) is 10.6 Å². The number of hydrogen-bond acceptors (Lipinski definition) is 10. The number of ether oxygens (including phenoxy) is 4. The van der Waals surface area contributed by atoms with Crippen LogP contribution in [0.5, 0.6) is 0 Å². The standard InChI is InChI=1S/C34H44N4O9/c1-34(2,3)47-33(43)37-29(22-30(39)40)32(42)46-18-17-45-16-15-44-14-11-36-31(41)27(23-35)20-24-7-8-26-21-28(10-9-25(26)19-24)38-12-5-4-6-13-38/h7-10,19-21,29H,4-6,11-18,22H2,1-3H3,(H,36,41)(H,37,43)(H,39,40)/b27-20+/t29-/m0/s1. The van der Waals surface area contributed by atoms with Gasteiger partial charge in [-0.2, -0.15) is 5.26 Å². The summed E-state index contributed by atoms with van der Waals surface area (Å²) in [5.41, 5.74) is 1.13. The summed E-state index contributed by atoms with van der Waals surface area (Å²) < 4.78 is 20.8. The van der Waals surface area contributed by atoms with Gasteiger partial charge < -0.3 is 39.6 Å². The van der Waals surface area contributed by atoms with Crippen LogP contribution in [-0.2, 0) is 33.3 Å². The van der Waals surface area contributed by atoms with E-state index in [1.165, 1.54) is 24.9 Å². The number of benzene rings is 2. The highest BCUT2D eigenvalue weighted by Crippen LogP contribution is 2.26. The number of nitrogens with one attached hydrogen (secondary N) is 2. The lowest BCUT2D eigenvalue weighted by Gasteiger charge is -2.29. The topological polar surface area (TPSA) is 177 Å². The zero-order valence-corrected chi connectivity index (χ0v) is 27.2. The van der Waals surface area contributed by atoms with Crippen molar-refractivity contribution >= 4 is 46.5 Å². The third kappa shape index (κ3) is 13.3. The zero-order chi connectivity index (χ0) is 34.2. The van der Waals surface area contributed by atoms with Crippen LogP contribution in [0.3, 0.4) is 0 Å². The summed E-state index contributed by atoms with van der Waals surface area (Å²) in [7, 11) is 0. The van der Waals surface area contributed by atoms with Crippen LogP contribution in [0.25, 0.3) is 16.8 Å². The summed E-state index contributed by atoms with van der Waals surface area (Å²) in [4.78, 5) is 50.2. The lowest BCUT2D eigenvalue weighted by molar-refractivity contribution is -0.151. The molecule has 1 atom stereocenters. The number of carbonyl (C=O) groups is 4. The van der Waals surface area contributed by atoms with Crippen LogP contribution < -0.4 is 15.5 Å². The number of carbonyl (C=O) groups excluding carboxylic acids is 3. The summed E-state index contributed by atoms with van der Waals surface area (Å²) in [6.07, 6.45) is 3.66. The van der Waals surface area contributed by atoms with Gasteiger partial charge in [0.05, 0.1) is 32.8 Å². The number of anilines is 1. The molecule has 13 nitrogen and oxygen atoms in total. The fourth-order valence-corrected chi connectivity index (χ4v) is 4.78. The normalized spacial score (nSPS) is 14.2. The molecule has 0 unspecified atom stereocenters. The van der Waals surface area contributed by atoms with E-state index in [0.717, 1.165) is 29.4 Å². The second-order valence-corrected chi connectivity index (χ2v) is 12.0. The van der Waals surface area contributed by atoms with E-state index in [9.17, 15) is 24.4 Å². The van der Waals surface area contributed by atoms with Crippen molar-refractivity contribution in [3.05, 3.63) is 47.5 Å². The Morgan fingerprint density at radius 2 is 1.62 bits per heavy atom. The van der Waals surface area contributed by atoms with E-state index >= 15 is 0 Å². The summed E-state index contributed by atoms with van der Waals surface area (Å²) in [5, 5.41) is 25.6. The number of fused-ring (bicyclic) bond motifs is 1. The highest BCUT2D eigenvalue weighted by Gasteiger charge is 2.27. The van der Waals surface area contributed by atoms with E-state index in [0.29, 0.717) is 0 Å². The first-order valence-electron chi connectivity index (χ1n) is 15.7. The van der Waals surface area contributed by atoms with Crippen molar-refractivity contribution in [2.45, 2.75) is 58.1 Å². The number of rotatable bonds is 16. The van der Waals surface area contributed by atoms with Crippen LogP contribution in [0.4, 0.5) is 10.5 Å². The molecule has 254 valence electrons. The third-order valence-corrected chi connectivity index (χ3v) is 6.98. The number of aliphatic carboxylic acids is 1. The number of piperidine rings is 1. The molecule has 0 radical (unpaired) electrons. The van der Waals surface area contributed by atoms with Gasteiger partial charge in [-0.05, 0) is 80.6 Å². The number of carboxylic acid groups (broad SMARTS) is 1. The maximum Gasteiger partial charge on any atom is 0.408 e. The SMILES string of the molecule is CC(C)(C)OC(=O)N[C@@H](CC(=O)O)C(=O)OCCOCCOCCNC(=O)/C(C#N)=C/c1ccc2cc(N3CCCCC3)ccc2c1. The van der Waals surface area contributed by atoms with Crippen LogP contribution in [0.2, 0.25) is 0 Å². The number of amides is 2. The molecule has 0 saturated carbocycles. The molecule has 3 rings (SSSR count). The Kier molecular flexibility index (Phi) is 14.5. The number of carboxylic acids is 1. The van der Waals surface area contributed by atoms with Crippen LogP contribution in [-0.4, -0.2) is 93.4 Å². The molecule has 47 heavy (non-hydrogen) atoms. The molecule has 13 heteroatoms. The number of nitriles is 1. The molecule has 2 aromatic carbocycles. The van der Waals surface area contributed by atoms with E-state index in [1.54, 1.807) is 26.8 Å². The Balaban J connectivity index is 1.32. The smallest absolute Gasteiger partial charge is 0.408 e. The van der Waals surface area contributed by atoms with Gasteiger partial charge in [-0.15, -0.1) is 0 Å². The van der Waals surface area contributed by atoms with Crippen molar-refractivity contribution < 1.29 is 43.2 Å². The van der Waals surface area contributed by atoms with E-state index in [2.05, 4.69) is 33.7 Å². The summed E-state index contributed by atoms with van der Waals surface area (Å²) in [5.74, 6) is -2.72. The van der Waals surface area contributed by atoms with Gasteiger partial charge in [0, 0.05) is 25.3 Å². The molecule has 1 aliphatic rings. The molecule has 0 aromatic heterocycles. The number of hydrogen-bond donors (Lipinski definition) is 3. The van der Waals surface area contributed by atoms with Crippen molar-refractivity contribution in [2.75, 3.05) is 57.6 Å². The molecule has 1 aliphatic heterocycles. The third-order valence-electron chi connectivity index (χ3n) is 6.98. The largest absolute Gasteiger partial charge is 0.481 e. The van der Waals surface area contributed by atoms with Crippen molar-refractivity contribution in [2.24, 2.45) is 0 Å². The van der Waals surface area contributed by atoms with E-state index < -0.39 is 42.0 Å². The van der Waals surface area contributed by atoms with Crippen molar-refractivity contribution in [3.8, 4) is 6.07 Å². The molecule has 2 aromatic rings. The molecule has 1 heterocycles. The molecular weight excluding hydrogens is 608 g/mol. The fourth-order valence-electron chi connectivity index (χ4n) is 4.78. The maximum atomic E-state index is 12.6. The Morgan fingerprint density at radius 1 is 0.957 bits per heavy atom.